The van der Waals surface area contributed by atoms with Crippen LogP contribution in [0.25, 0.3) is 0 Å². The smallest absolute Gasteiger partial charge is 0.408 e. The number of amides is 2. The zero-order valence-electron chi connectivity index (χ0n) is 61.3. The third kappa shape index (κ3) is 37.6. The fourth-order valence-corrected chi connectivity index (χ4v) is 13.0. The topological polar surface area (TPSA) is 669 Å². The highest BCUT2D eigenvalue weighted by molar-refractivity contribution is 6.06. The normalized spacial score (nSPS) is 19.5. The van der Waals surface area contributed by atoms with E-state index in [1.807, 2.05) is 19.1 Å². The first kappa shape index (κ1) is 97.2. The van der Waals surface area contributed by atoms with Gasteiger partial charge in [0.15, 0.2) is 11.8 Å². The Morgan fingerprint density at radius 1 is 0.460 bits per heavy atom. The van der Waals surface area contributed by atoms with Crippen molar-refractivity contribution < 1.29 is 178 Å². The van der Waals surface area contributed by atoms with Crippen molar-refractivity contribution in [1.82, 2.24) is 10.6 Å². The summed E-state index contributed by atoms with van der Waals surface area (Å²) in [7, 11) is 0. The number of unbranched alkanes of at least 4 members (excludes halogenated alkanes) is 4. The molecule has 0 saturated heterocycles. The molecule has 5 saturated carbocycles. The van der Waals surface area contributed by atoms with Crippen molar-refractivity contribution in [3.05, 3.63) is 124 Å². The number of rotatable bonds is 37. The number of carboxylic acid groups (broad SMARTS) is 14. The van der Waals surface area contributed by atoms with Crippen molar-refractivity contribution in [2.75, 3.05) is 26.4 Å². The van der Waals surface area contributed by atoms with Crippen molar-refractivity contribution in [2.24, 2.45) is 46.8 Å². The lowest BCUT2D eigenvalue weighted by molar-refractivity contribution is -0.173. The molecule has 2 amide bonds. The molecule has 0 heterocycles. The number of nitrogens with one attached hydrogen (secondary N) is 2. The average Bonchev–Trinajstić information content (AvgIpc) is 0.732. The summed E-state index contributed by atoms with van der Waals surface area (Å²) in [6.07, 6.45) is 8.77. The van der Waals surface area contributed by atoms with Gasteiger partial charge in [-0.05, 0) is 154 Å². The maximum atomic E-state index is 12.6. The van der Waals surface area contributed by atoms with E-state index >= 15 is 0 Å². The predicted octanol–water partition coefficient (Wildman–Crippen LogP) is 4.98. The number of aliphatic hydroxyl groups excluding tert-OH is 2. The van der Waals surface area contributed by atoms with E-state index in [1.165, 1.54) is 43.5 Å². The molecule has 0 spiro atoms. The minimum absolute atomic E-state index is 0.0108. The number of aryl methyl sites for hydroxylation is 1. The summed E-state index contributed by atoms with van der Waals surface area (Å²) in [5.74, 6) is -18.8. The monoisotopic (exact) mass is 1600 g/mol. The van der Waals surface area contributed by atoms with Crippen molar-refractivity contribution >= 4 is 95.6 Å². The molecule has 38 nitrogen and oxygen atoms in total. The van der Waals surface area contributed by atoms with E-state index in [-0.39, 0.29) is 57.7 Å². The maximum Gasteiger partial charge on any atom is 0.408 e. The van der Waals surface area contributed by atoms with Crippen LogP contribution in [0.2, 0.25) is 0 Å². The van der Waals surface area contributed by atoms with Crippen LogP contribution in [0.5, 0.6) is 5.75 Å². The molecule has 6 aliphatic rings. The first-order valence-corrected chi connectivity index (χ1v) is 35.3. The second-order valence-electron chi connectivity index (χ2n) is 26.9. The van der Waals surface area contributed by atoms with Gasteiger partial charge in [-0.1, -0.05) is 86.0 Å². The Kier molecular flexibility index (Phi) is 43.1. The summed E-state index contributed by atoms with van der Waals surface area (Å²) in [5, 5.41) is 153. The molecule has 3 aromatic rings. The largest absolute Gasteiger partial charge is 0.508 e. The van der Waals surface area contributed by atoms with E-state index in [2.05, 4.69) is 20.1 Å². The van der Waals surface area contributed by atoms with Crippen LogP contribution in [-0.4, -0.2) is 233 Å². The molecule has 113 heavy (non-hydrogen) atoms. The Morgan fingerprint density at radius 3 is 1.26 bits per heavy atom. The molecule has 622 valence electrons. The third-order valence-electron chi connectivity index (χ3n) is 18.2. The van der Waals surface area contributed by atoms with Crippen LogP contribution >= 0.6 is 0 Å². The van der Waals surface area contributed by atoms with Gasteiger partial charge in [-0.3, -0.25) is 47.9 Å². The first-order valence-electron chi connectivity index (χ1n) is 35.3. The number of alkyl carbamates (subject to hydrolysis) is 1. The van der Waals surface area contributed by atoms with Crippen LogP contribution in [0.4, 0.5) is 4.79 Å². The molecular weight excluding hydrogens is 1500 g/mol. The summed E-state index contributed by atoms with van der Waals surface area (Å²) >= 11 is 0. The summed E-state index contributed by atoms with van der Waals surface area (Å²) in [6, 6.07) is 19.1. The molecule has 19 N–H and O–H groups in total. The van der Waals surface area contributed by atoms with Crippen LogP contribution in [0, 0.1) is 53.8 Å². The van der Waals surface area contributed by atoms with Gasteiger partial charge in [-0.15, -0.1) is 0 Å². The number of carboxylic acids is 14. The molecule has 3 aromatic carbocycles. The Balaban J connectivity index is 0.000000466. The minimum Gasteiger partial charge on any atom is -0.508 e. The van der Waals surface area contributed by atoms with Gasteiger partial charge in [0, 0.05) is 25.7 Å². The molecule has 0 unspecified atom stereocenters. The van der Waals surface area contributed by atoms with Crippen molar-refractivity contribution in [3.63, 3.8) is 0 Å². The highest BCUT2D eigenvalue weighted by atomic mass is 16.6. The molecule has 38 heteroatoms. The number of carbonyl (C=O) groups is 16. The van der Waals surface area contributed by atoms with Gasteiger partial charge in [0.1, 0.15) is 49.9 Å². The molecule has 4 bridgehead atoms. The quantitative estimate of drug-likeness (QED) is 0.0267. The zero-order valence-corrected chi connectivity index (χ0v) is 61.3. The van der Waals surface area contributed by atoms with E-state index in [0.717, 1.165) is 61.8 Å². The van der Waals surface area contributed by atoms with E-state index in [1.54, 1.807) is 42.5 Å². The number of ether oxygens (including phenoxy) is 3. The average molecular weight is 1600 g/mol. The highest BCUT2D eigenvalue weighted by Gasteiger charge is 2.58. The van der Waals surface area contributed by atoms with E-state index in [0.29, 0.717) is 54.6 Å². The predicted molar refractivity (Wildman–Crippen MR) is 384 cm³/mol. The number of phenols is 1. The van der Waals surface area contributed by atoms with E-state index in [9.17, 15) is 97.1 Å². The Labute approximate surface area is 645 Å². The number of aliphatic hydroxyl groups is 2. The zero-order chi connectivity index (χ0) is 85.2. The van der Waals surface area contributed by atoms with Crippen LogP contribution in [0.3, 0.4) is 0 Å². The van der Waals surface area contributed by atoms with Crippen molar-refractivity contribution in [2.45, 2.75) is 160 Å². The van der Waals surface area contributed by atoms with Gasteiger partial charge in [0.2, 0.25) is 5.91 Å². The van der Waals surface area contributed by atoms with Gasteiger partial charge in [-0.25, -0.2) is 28.8 Å². The number of hydrogen-bond donors (Lipinski definition) is 19. The third-order valence-corrected chi connectivity index (χ3v) is 18.2. The van der Waals surface area contributed by atoms with Crippen LogP contribution in [0.1, 0.15) is 131 Å². The fraction of sp³-hybridized carbons (Fsp3) is 0.493. The summed E-state index contributed by atoms with van der Waals surface area (Å²) in [4.78, 5) is 173. The van der Waals surface area contributed by atoms with Gasteiger partial charge in [-0.2, -0.15) is 0 Å². The summed E-state index contributed by atoms with van der Waals surface area (Å²) in [5.41, 5.74) is 1.46. The second kappa shape index (κ2) is 50.1. The van der Waals surface area contributed by atoms with Gasteiger partial charge >= 0.3 is 89.7 Å². The molecule has 9 rings (SSSR count). The molecule has 0 radical (unpaired) electrons. The highest BCUT2D eigenvalue weighted by Crippen LogP contribution is 2.63. The number of phenolic OH excluding ortho intramolecular Hbond substituents is 1. The number of benzene rings is 3. The lowest BCUT2D eigenvalue weighted by Crippen LogP contribution is -2.53. The standard InChI is InChI=1S/C22H24N2O8.C13H18O4.C11H12O4.C9H16O4.C8H8O6.C6H10O6.C6H8O4/c25-16-8-6-14(7-9-16)12-18(21(29)30)23-20(28)17(10-11-19(26)27)24-22(31)32-13-15-4-2-1-3-5-15;14-11(15)10(12(16)17)13-4-7-1-8(5-13)3-9(2-7)6-13;1-7-4-2-3-5-8(7)6-9(10(12)13)11(14)15;10-8(11)6-4-2-1-3-5-7-9(12)13;9-5-1-3(7(11)12)4(8(13)14)2-6(5)10;7-5(8)3-11-1-2-12-4-6(9)10;7-5(8)3-1-2-4(3)6(9)10/h1-9,17-18,25H,10-13H2,(H,23,28)(H,24,31)(H,26,27)(H,29,30);7-10H,1-6H2,(H,14,15)(H,16,17);2-5,9H,6H2,1H3,(H,12,13)(H,14,15);1-7H2,(H,10,11)(H,12,13);1-2,5-6,9-10H,(H,11,12)(H,13,14);1-4H2,(H,7,8)(H,9,10);3-4H,1-2H2,(H,7,8)(H,9,10)/t17-,18+;;;;5-,6+;;3-,4+/m1....../s1. The fourth-order valence-electron chi connectivity index (χ4n) is 13.0. The van der Waals surface area contributed by atoms with Crippen LogP contribution in [0.15, 0.2) is 102 Å². The van der Waals surface area contributed by atoms with Gasteiger partial charge in [0.05, 0.1) is 36.2 Å². The van der Waals surface area contributed by atoms with Crippen molar-refractivity contribution in [1.29, 1.82) is 0 Å². The molecule has 6 atom stereocenters. The number of aromatic hydroxyl groups is 1. The minimum atomic E-state index is -1.45. The second-order valence-corrected chi connectivity index (χ2v) is 26.9. The Hall–Kier alpha value is -11.9. The Bertz CT molecular complexity index is 3640. The molecular formula is C75H96N2O36. The number of aliphatic carboxylic acids is 14. The molecule has 0 aromatic heterocycles. The Morgan fingerprint density at radius 2 is 0.885 bits per heavy atom. The lowest BCUT2D eigenvalue weighted by atomic mass is 9.46. The summed E-state index contributed by atoms with van der Waals surface area (Å²) < 4.78 is 14.2. The SMILES string of the molecule is Cc1ccccc1CC(C(=O)O)C(=O)O.O=C(O)C(C(=O)O)C12CC3CC(CC(C3)C1)C2.O=C(O)C1=C[C@@H](O)[C@@H](O)C=C1C(=O)O.O=C(O)CCCCCCCC(=O)O.O=C(O)CC[C@@H](NC(=O)OCc1ccccc1)C(=O)N[C@@H](Cc1ccc(O)cc1)C(=O)O.O=C(O)COCCOCC(=O)O.O=C(O)[C@H]1CC[C@H]1C(=O)O. The molecule has 6 aliphatic carbocycles. The summed E-state index contributed by atoms with van der Waals surface area (Å²) in [6.45, 7) is 1.15. The maximum absolute atomic E-state index is 12.6. The van der Waals surface area contributed by atoms with E-state index < -0.39 is 180 Å². The molecule has 5 fully saturated rings. The van der Waals surface area contributed by atoms with Gasteiger partial charge < -0.3 is 112 Å². The number of carbonyl (C=O) groups excluding carboxylic acids is 2. The first-order chi connectivity index (χ1) is 53.1. The number of hydrogen-bond acceptors (Lipinski definition) is 22. The van der Waals surface area contributed by atoms with E-state index in [4.69, 9.17) is 71.1 Å². The molecule has 0 aliphatic heterocycles. The van der Waals surface area contributed by atoms with Crippen molar-refractivity contribution in [3.8, 4) is 5.75 Å². The lowest BCUT2D eigenvalue weighted by Gasteiger charge is -2.57. The van der Waals surface area contributed by atoms with Crippen LogP contribution < -0.4 is 10.6 Å². The van der Waals surface area contributed by atoms with Gasteiger partial charge in [0.25, 0.3) is 0 Å². The van der Waals surface area contributed by atoms with Crippen LogP contribution in [-0.2, 0) is 106 Å².